The minimum Gasteiger partial charge on any atom is -0.440 e. The van der Waals surface area contributed by atoms with Crippen molar-refractivity contribution in [1.29, 1.82) is 0 Å². The van der Waals surface area contributed by atoms with Gasteiger partial charge in [0.1, 0.15) is 5.58 Å². The average Bonchev–Trinajstić information content (AvgIpc) is 2.81. The van der Waals surface area contributed by atoms with Crippen LogP contribution < -0.4 is 5.73 Å². The van der Waals surface area contributed by atoms with E-state index in [1.165, 1.54) is 16.7 Å². The van der Waals surface area contributed by atoms with Crippen molar-refractivity contribution in [2.24, 2.45) is 0 Å². The molecule has 0 saturated carbocycles. The van der Waals surface area contributed by atoms with E-state index in [1.54, 1.807) is 0 Å². The highest BCUT2D eigenvalue weighted by Crippen LogP contribution is 2.43. The number of nitrogens with two attached hydrogens (primary N) is 1. The van der Waals surface area contributed by atoms with E-state index in [9.17, 15) is 0 Å². The number of furan rings is 1. The van der Waals surface area contributed by atoms with Crippen LogP contribution in [-0.4, -0.2) is 0 Å². The van der Waals surface area contributed by atoms with Crippen LogP contribution in [-0.2, 0) is 10.8 Å². The number of hydrogen-bond acceptors (Lipinski definition) is 2. The Morgan fingerprint density at radius 2 is 1.44 bits per heavy atom. The first-order valence-corrected chi connectivity index (χ1v) is 8.92. The van der Waals surface area contributed by atoms with Gasteiger partial charge in [-0.1, -0.05) is 77.4 Å². The second-order valence-corrected chi connectivity index (χ2v) is 9.11. The average molecular weight is 335 g/mol. The maximum Gasteiger partial charge on any atom is 0.199 e. The molecule has 1 aromatic heterocycles. The van der Waals surface area contributed by atoms with Gasteiger partial charge in [-0.25, -0.2) is 0 Å². The molecule has 0 bridgehead atoms. The molecule has 132 valence electrons. The molecular formula is C23H29NO. The third kappa shape index (κ3) is 3.18. The summed E-state index contributed by atoms with van der Waals surface area (Å²) in [6.07, 6.45) is 0. The van der Waals surface area contributed by atoms with Crippen molar-refractivity contribution in [3.05, 3.63) is 53.1 Å². The van der Waals surface area contributed by atoms with Crippen LogP contribution in [0.2, 0.25) is 0 Å². The molecule has 0 fully saturated rings. The van der Waals surface area contributed by atoms with Gasteiger partial charge in [-0.3, -0.25) is 0 Å². The van der Waals surface area contributed by atoms with Gasteiger partial charge in [0.2, 0.25) is 0 Å². The Morgan fingerprint density at radius 3 is 1.96 bits per heavy atom. The standard InChI is InChI=1S/C23H29NO/c1-14-8-10-15(11-9-14)19-17-12-16(22(2,3)4)13-18(23(5,6)7)20(17)25-21(19)24/h8-13H,24H2,1-7H3. The fourth-order valence-electron chi connectivity index (χ4n) is 3.23. The molecular weight excluding hydrogens is 306 g/mol. The Bertz CT molecular complexity index is 916. The first-order valence-electron chi connectivity index (χ1n) is 8.92. The van der Waals surface area contributed by atoms with E-state index in [1.807, 2.05) is 0 Å². The second-order valence-electron chi connectivity index (χ2n) is 9.11. The second kappa shape index (κ2) is 5.66. The fourth-order valence-corrected chi connectivity index (χ4v) is 3.23. The van der Waals surface area contributed by atoms with E-state index in [-0.39, 0.29) is 10.8 Å². The Hall–Kier alpha value is -2.22. The van der Waals surface area contributed by atoms with Crippen molar-refractivity contribution in [2.45, 2.75) is 59.3 Å². The maximum atomic E-state index is 6.33. The van der Waals surface area contributed by atoms with Gasteiger partial charge in [0.25, 0.3) is 0 Å². The molecule has 2 heteroatoms. The summed E-state index contributed by atoms with van der Waals surface area (Å²) in [5, 5.41) is 1.11. The number of aryl methyl sites for hydroxylation is 1. The largest absolute Gasteiger partial charge is 0.440 e. The van der Waals surface area contributed by atoms with Crippen molar-refractivity contribution in [2.75, 3.05) is 5.73 Å². The molecule has 0 saturated heterocycles. The van der Waals surface area contributed by atoms with E-state index in [4.69, 9.17) is 10.2 Å². The molecule has 3 rings (SSSR count). The lowest BCUT2D eigenvalue weighted by molar-refractivity contribution is 0.555. The van der Waals surface area contributed by atoms with Crippen LogP contribution in [0, 0.1) is 6.92 Å². The van der Waals surface area contributed by atoms with Crippen LogP contribution in [0.1, 0.15) is 58.2 Å². The van der Waals surface area contributed by atoms with Gasteiger partial charge < -0.3 is 10.2 Å². The lowest BCUT2D eigenvalue weighted by Crippen LogP contribution is -2.16. The molecule has 0 aliphatic rings. The van der Waals surface area contributed by atoms with E-state index < -0.39 is 0 Å². The van der Waals surface area contributed by atoms with Crippen molar-refractivity contribution in [1.82, 2.24) is 0 Å². The molecule has 2 nitrogen and oxygen atoms in total. The highest BCUT2D eigenvalue weighted by Gasteiger charge is 2.26. The van der Waals surface area contributed by atoms with Gasteiger partial charge in [0.05, 0.1) is 5.56 Å². The molecule has 25 heavy (non-hydrogen) atoms. The van der Waals surface area contributed by atoms with E-state index in [0.29, 0.717) is 5.88 Å². The lowest BCUT2D eigenvalue weighted by Gasteiger charge is -2.25. The molecule has 1 heterocycles. The van der Waals surface area contributed by atoms with Crippen LogP contribution in [0.3, 0.4) is 0 Å². The lowest BCUT2D eigenvalue weighted by atomic mass is 9.79. The third-order valence-electron chi connectivity index (χ3n) is 4.83. The Labute approximate surface area is 151 Å². The number of anilines is 1. The van der Waals surface area contributed by atoms with Crippen LogP contribution in [0.4, 0.5) is 5.88 Å². The van der Waals surface area contributed by atoms with Crippen LogP contribution in [0.15, 0.2) is 40.8 Å². The van der Waals surface area contributed by atoms with Crippen molar-refractivity contribution in [3.63, 3.8) is 0 Å². The zero-order valence-corrected chi connectivity index (χ0v) is 16.4. The van der Waals surface area contributed by atoms with Gasteiger partial charge in [-0.15, -0.1) is 0 Å². The maximum absolute atomic E-state index is 6.33. The van der Waals surface area contributed by atoms with Crippen LogP contribution in [0.25, 0.3) is 22.1 Å². The van der Waals surface area contributed by atoms with Gasteiger partial charge in [-0.05, 0) is 34.9 Å². The number of rotatable bonds is 1. The molecule has 0 radical (unpaired) electrons. The highest BCUT2D eigenvalue weighted by atomic mass is 16.3. The summed E-state index contributed by atoms with van der Waals surface area (Å²) in [7, 11) is 0. The van der Waals surface area contributed by atoms with E-state index >= 15 is 0 Å². The molecule has 0 unspecified atom stereocenters. The van der Waals surface area contributed by atoms with Gasteiger partial charge in [0, 0.05) is 10.9 Å². The van der Waals surface area contributed by atoms with E-state index in [2.05, 4.69) is 84.9 Å². The quantitative estimate of drug-likeness (QED) is 0.545. The molecule has 0 aliphatic carbocycles. The minimum absolute atomic E-state index is 0.0195. The molecule has 2 N–H and O–H groups in total. The van der Waals surface area contributed by atoms with Crippen molar-refractivity contribution < 1.29 is 4.42 Å². The predicted molar refractivity (Wildman–Crippen MR) is 108 cm³/mol. The first kappa shape index (κ1) is 17.6. The molecule has 0 aliphatic heterocycles. The summed E-state index contributed by atoms with van der Waals surface area (Å²) >= 11 is 0. The molecule has 0 atom stereocenters. The Balaban J connectivity index is 2.40. The van der Waals surface area contributed by atoms with Crippen LogP contribution >= 0.6 is 0 Å². The highest BCUT2D eigenvalue weighted by molar-refractivity contribution is 6.01. The normalized spacial score (nSPS) is 12.8. The van der Waals surface area contributed by atoms with E-state index in [0.717, 1.165) is 22.1 Å². The van der Waals surface area contributed by atoms with Crippen molar-refractivity contribution >= 4 is 16.9 Å². The van der Waals surface area contributed by atoms with Crippen LogP contribution in [0.5, 0.6) is 0 Å². The fraction of sp³-hybridized carbons (Fsp3) is 0.391. The molecule has 0 amide bonds. The number of benzene rings is 2. The smallest absolute Gasteiger partial charge is 0.199 e. The summed E-state index contributed by atoms with van der Waals surface area (Å²) < 4.78 is 6.09. The van der Waals surface area contributed by atoms with Gasteiger partial charge >= 0.3 is 0 Å². The summed E-state index contributed by atoms with van der Waals surface area (Å²) in [4.78, 5) is 0. The summed E-state index contributed by atoms with van der Waals surface area (Å²) in [6, 6.07) is 13.0. The summed E-state index contributed by atoms with van der Waals surface area (Å²) in [6.45, 7) is 15.5. The monoisotopic (exact) mass is 335 g/mol. The van der Waals surface area contributed by atoms with Crippen molar-refractivity contribution in [3.8, 4) is 11.1 Å². The molecule has 3 aromatic rings. The SMILES string of the molecule is Cc1ccc(-c2c(N)oc3c(C(C)(C)C)cc(C(C)(C)C)cc23)cc1. The summed E-state index contributed by atoms with van der Waals surface area (Å²) in [5.41, 5.74) is 13.1. The topological polar surface area (TPSA) is 39.2 Å². The Morgan fingerprint density at radius 1 is 0.840 bits per heavy atom. The first-order chi connectivity index (χ1) is 11.5. The molecule has 2 aromatic carbocycles. The van der Waals surface area contributed by atoms with Gasteiger partial charge in [0.15, 0.2) is 5.88 Å². The number of hydrogen-bond donors (Lipinski definition) is 1. The predicted octanol–water partition coefficient (Wildman–Crippen LogP) is 6.59. The Kier molecular flexibility index (Phi) is 3.98. The minimum atomic E-state index is -0.0195. The molecule has 0 spiro atoms. The zero-order valence-electron chi connectivity index (χ0n) is 16.4. The summed E-state index contributed by atoms with van der Waals surface area (Å²) in [5.74, 6) is 0.496. The number of fused-ring (bicyclic) bond motifs is 1. The number of nitrogen functional groups attached to an aromatic ring is 1. The third-order valence-corrected chi connectivity index (χ3v) is 4.83. The van der Waals surface area contributed by atoms with Gasteiger partial charge in [-0.2, -0.15) is 0 Å². The zero-order chi connectivity index (χ0) is 18.6.